The number of halogens is 1. The van der Waals surface area contributed by atoms with Gasteiger partial charge in [-0.25, -0.2) is 0 Å². The largest absolute Gasteiger partial charge is 0.337 e. The van der Waals surface area contributed by atoms with Crippen LogP contribution in [0.1, 0.15) is 20.3 Å². The maximum Gasteiger partial charge on any atom is 0.226 e. The number of carbonyl (C=O) groups is 1. The summed E-state index contributed by atoms with van der Waals surface area (Å²) in [5.74, 6) is 3.23. The molecule has 0 bridgehead atoms. The van der Waals surface area contributed by atoms with Gasteiger partial charge in [0.2, 0.25) is 5.91 Å². The zero-order chi connectivity index (χ0) is 11.1. The summed E-state index contributed by atoms with van der Waals surface area (Å²) in [6.45, 7) is 5.22. The van der Waals surface area contributed by atoms with Crippen molar-refractivity contribution in [1.29, 1.82) is 0 Å². The average Bonchev–Trinajstić information content (AvgIpc) is 2.86. The van der Waals surface area contributed by atoms with Crippen LogP contribution in [0, 0.1) is 11.3 Å². The number of thioether (sulfide) groups is 1. The Morgan fingerprint density at radius 2 is 2.27 bits per heavy atom. The van der Waals surface area contributed by atoms with E-state index in [1.165, 1.54) is 0 Å². The predicted molar refractivity (Wildman–Crippen MR) is 65.4 cm³/mol. The Hall–Kier alpha value is 0.110. The molecule has 1 saturated carbocycles. The smallest absolute Gasteiger partial charge is 0.226 e. The molecule has 0 aromatic carbocycles. The first-order valence-electron chi connectivity index (χ1n) is 5.50. The van der Waals surface area contributed by atoms with Gasteiger partial charge < -0.3 is 4.90 Å². The highest BCUT2D eigenvalue weighted by molar-refractivity contribution is 7.99. The van der Waals surface area contributed by atoms with Gasteiger partial charge in [-0.1, -0.05) is 13.8 Å². The SMILES string of the molecule is CC1(C)CC1C(=O)N1CCSCC1CCl. The highest BCUT2D eigenvalue weighted by Crippen LogP contribution is 2.52. The van der Waals surface area contributed by atoms with Crippen molar-refractivity contribution in [3.63, 3.8) is 0 Å². The summed E-state index contributed by atoms with van der Waals surface area (Å²) in [6, 6.07) is 0.259. The number of hydrogen-bond acceptors (Lipinski definition) is 2. The summed E-state index contributed by atoms with van der Waals surface area (Å²) in [5, 5.41) is 0. The van der Waals surface area contributed by atoms with Crippen molar-refractivity contribution in [3.05, 3.63) is 0 Å². The molecule has 15 heavy (non-hydrogen) atoms. The van der Waals surface area contributed by atoms with Gasteiger partial charge in [-0.05, 0) is 11.8 Å². The van der Waals surface area contributed by atoms with Crippen molar-refractivity contribution in [1.82, 2.24) is 4.90 Å². The van der Waals surface area contributed by atoms with Crippen LogP contribution in [-0.4, -0.2) is 40.8 Å². The highest BCUT2D eigenvalue weighted by atomic mass is 35.5. The lowest BCUT2D eigenvalue weighted by Gasteiger charge is -2.34. The minimum atomic E-state index is 0.235. The van der Waals surface area contributed by atoms with Crippen LogP contribution in [0.2, 0.25) is 0 Å². The normalized spacial score (nSPS) is 33.9. The van der Waals surface area contributed by atoms with Crippen LogP contribution in [-0.2, 0) is 4.79 Å². The third-order valence-electron chi connectivity index (χ3n) is 3.50. The van der Waals surface area contributed by atoms with Crippen LogP contribution in [0.3, 0.4) is 0 Å². The van der Waals surface area contributed by atoms with E-state index >= 15 is 0 Å². The van der Waals surface area contributed by atoms with Crippen LogP contribution in [0.25, 0.3) is 0 Å². The zero-order valence-corrected chi connectivity index (χ0v) is 10.9. The molecule has 0 aromatic rings. The lowest BCUT2D eigenvalue weighted by molar-refractivity contribution is -0.134. The van der Waals surface area contributed by atoms with Crippen molar-refractivity contribution in [3.8, 4) is 0 Å². The Bertz CT molecular complexity index is 269. The molecule has 1 heterocycles. The Labute approximate surface area is 101 Å². The molecule has 0 aromatic heterocycles. The number of hydrogen-bond donors (Lipinski definition) is 0. The monoisotopic (exact) mass is 247 g/mol. The van der Waals surface area contributed by atoms with Crippen LogP contribution < -0.4 is 0 Å². The molecule has 2 atom stereocenters. The summed E-state index contributed by atoms with van der Waals surface area (Å²) in [4.78, 5) is 14.2. The van der Waals surface area contributed by atoms with Crippen molar-refractivity contribution >= 4 is 29.3 Å². The van der Waals surface area contributed by atoms with E-state index in [-0.39, 0.29) is 17.4 Å². The fraction of sp³-hybridized carbons (Fsp3) is 0.909. The van der Waals surface area contributed by atoms with Gasteiger partial charge in [0.25, 0.3) is 0 Å². The third kappa shape index (κ3) is 2.28. The molecule has 86 valence electrons. The Balaban J connectivity index is 1.99. The molecule has 2 rings (SSSR count). The Morgan fingerprint density at radius 3 is 2.80 bits per heavy atom. The summed E-state index contributed by atoms with van der Waals surface area (Å²) in [5.41, 5.74) is 0.235. The highest BCUT2D eigenvalue weighted by Gasteiger charge is 2.52. The van der Waals surface area contributed by atoms with Crippen LogP contribution in [0.5, 0.6) is 0 Å². The molecular weight excluding hydrogens is 230 g/mol. The van der Waals surface area contributed by atoms with E-state index in [2.05, 4.69) is 13.8 Å². The van der Waals surface area contributed by atoms with E-state index in [4.69, 9.17) is 11.6 Å². The summed E-state index contributed by atoms with van der Waals surface area (Å²) in [6.07, 6.45) is 1.05. The molecule has 1 amide bonds. The summed E-state index contributed by atoms with van der Waals surface area (Å²) in [7, 11) is 0. The van der Waals surface area contributed by atoms with E-state index in [9.17, 15) is 4.79 Å². The number of amides is 1. The molecule has 1 aliphatic carbocycles. The van der Waals surface area contributed by atoms with E-state index in [1.54, 1.807) is 0 Å². The maximum atomic E-state index is 12.2. The summed E-state index contributed by atoms with van der Waals surface area (Å²) >= 11 is 7.81. The maximum absolute atomic E-state index is 12.2. The third-order valence-corrected chi connectivity index (χ3v) is 4.95. The van der Waals surface area contributed by atoms with Crippen molar-refractivity contribution in [2.75, 3.05) is 23.9 Å². The van der Waals surface area contributed by atoms with E-state index in [1.807, 2.05) is 16.7 Å². The quantitative estimate of drug-likeness (QED) is 0.698. The standard InChI is InChI=1S/C11H18ClNOS/c1-11(2)5-9(11)10(14)13-3-4-15-7-8(13)6-12/h8-9H,3-7H2,1-2H3. The molecule has 1 aliphatic heterocycles. The van der Waals surface area contributed by atoms with E-state index < -0.39 is 0 Å². The first kappa shape index (κ1) is 11.6. The minimum absolute atomic E-state index is 0.235. The lowest BCUT2D eigenvalue weighted by Crippen LogP contribution is -2.48. The minimum Gasteiger partial charge on any atom is -0.337 e. The van der Waals surface area contributed by atoms with Crippen molar-refractivity contribution in [2.45, 2.75) is 26.3 Å². The molecule has 0 N–H and O–H groups in total. The van der Waals surface area contributed by atoms with Crippen molar-refractivity contribution < 1.29 is 4.79 Å². The molecule has 0 spiro atoms. The molecule has 0 radical (unpaired) electrons. The van der Waals surface area contributed by atoms with Gasteiger partial charge in [0.15, 0.2) is 0 Å². The van der Waals surface area contributed by atoms with E-state index in [0.717, 1.165) is 24.5 Å². The molecule has 4 heteroatoms. The number of alkyl halides is 1. The first-order chi connectivity index (χ1) is 7.06. The predicted octanol–water partition coefficient (Wildman–Crippen LogP) is 2.22. The van der Waals surface area contributed by atoms with Gasteiger partial charge in [-0.3, -0.25) is 4.79 Å². The first-order valence-corrected chi connectivity index (χ1v) is 7.19. The molecular formula is C11H18ClNOS. The second-order valence-electron chi connectivity index (χ2n) is 5.16. The van der Waals surface area contributed by atoms with Gasteiger partial charge >= 0.3 is 0 Å². The fourth-order valence-corrected chi connectivity index (χ4v) is 3.63. The Kier molecular flexibility index (Phi) is 3.22. The number of carbonyl (C=O) groups excluding carboxylic acids is 1. The molecule has 2 aliphatic rings. The van der Waals surface area contributed by atoms with Gasteiger partial charge in [-0.15, -0.1) is 11.6 Å². The van der Waals surface area contributed by atoms with Gasteiger partial charge in [-0.2, -0.15) is 11.8 Å². The fourth-order valence-electron chi connectivity index (χ4n) is 2.16. The summed E-state index contributed by atoms with van der Waals surface area (Å²) < 4.78 is 0. The van der Waals surface area contributed by atoms with Crippen LogP contribution in [0.15, 0.2) is 0 Å². The second-order valence-corrected chi connectivity index (χ2v) is 6.62. The molecule has 2 nitrogen and oxygen atoms in total. The van der Waals surface area contributed by atoms with Crippen LogP contribution >= 0.6 is 23.4 Å². The molecule has 1 saturated heterocycles. The van der Waals surface area contributed by atoms with Gasteiger partial charge in [0.1, 0.15) is 0 Å². The van der Waals surface area contributed by atoms with Crippen LogP contribution in [0.4, 0.5) is 0 Å². The van der Waals surface area contributed by atoms with Gasteiger partial charge in [0, 0.05) is 29.8 Å². The molecule has 2 fully saturated rings. The molecule has 2 unspecified atom stereocenters. The second kappa shape index (κ2) is 4.17. The van der Waals surface area contributed by atoms with E-state index in [0.29, 0.717) is 11.8 Å². The number of nitrogens with zero attached hydrogens (tertiary/aromatic N) is 1. The van der Waals surface area contributed by atoms with Crippen molar-refractivity contribution in [2.24, 2.45) is 11.3 Å². The van der Waals surface area contributed by atoms with Gasteiger partial charge in [0.05, 0.1) is 6.04 Å². The zero-order valence-electron chi connectivity index (χ0n) is 9.33. The number of rotatable bonds is 2. The average molecular weight is 248 g/mol. The lowest BCUT2D eigenvalue weighted by atomic mass is 10.1. The topological polar surface area (TPSA) is 20.3 Å². The Morgan fingerprint density at radius 1 is 1.60 bits per heavy atom.